The maximum absolute atomic E-state index is 13.1. The van der Waals surface area contributed by atoms with Crippen LogP contribution in [0.3, 0.4) is 0 Å². The largest absolute Gasteiger partial charge is 0.467 e. The summed E-state index contributed by atoms with van der Waals surface area (Å²) in [5.74, 6) is -0.168. The zero-order valence-electron chi connectivity index (χ0n) is 14.4. The highest BCUT2D eigenvalue weighted by Crippen LogP contribution is 2.30. The molecule has 0 unspecified atom stereocenters. The van der Waals surface area contributed by atoms with E-state index < -0.39 is 0 Å². The van der Waals surface area contributed by atoms with Gasteiger partial charge in [0.25, 0.3) is 11.8 Å². The molecule has 0 spiro atoms. The summed E-state index contributed by atoms with van der Waals surface area (Å²) < 4.78 is 18.3. The molecule has 0 saturated heterocycles. The molecule has 0 fully saturated rings. The molecular formula is C21H17FN2O3. The van der Waals surface area contributed by atoms with E-state index in [4.69, 9.17) is 4.42 Å². The second-order valence-electron chi connectivity index (χ2n) is 6.32. The van der Waals surface area contributed by atoms with E-state index in [1.165, 1.54) is 24.3 Å². The Morgan fingerprint density at radius 3 is 2.59 bits per heavy atom. The molecule has 4 rings (SSSR count). The molecule has 2 amide bonds. The molecule has 1 aliphatic heterocycles. The van der Waals surface area contributed by atoms with Gasteiger partial charge in [0.2, 0.25) is 0 Å². The molecule has 0 aliphatic carbocycles. The Kier molecular flexibility index (Phi) is 4.46. The average Bonchev–Trinajstić information content (AvgIpc) is 3.35. The maximum atomic E-state index is 13.1. The van der Waals surface area contributed by atoms with E-state index in [-0.39, 0.29) is 17.6 Å². The van der Waals surface area contributed by atoms with Gasteiger partial charge in [-0.2, -0.15) is 0 Å². The normalized spacial score (nSPS) is 12.7. The van der Waals surface area contributed by atoms with Crippen molar-refractivity contribution in [2.24, 2.45) is 0 Å². The first-order valence-electron chi connectivity index (χ1n) is 8.63. The van der Waals surface area contributed by atoms with Crippen LogP contribution in [0, 0.1) is 5.82 Å². The van der Waals surface area contributed by atoms with Crippen molar-refractivity contribution in [3.05, 3.63) is 89.1 Å². The Morgan fingerprint density at radius 2 is 1.85 bits per heavy atom. The summed E-state index contributed by atoms with van der Waals surface area (Å²) in [5, 5.41) is 2.80. The summed E-state index contributed by atoms with van der Waals surface area (Å²) >= 11 is 0. The molecule has 2 aromatic carbocycles. The molecule has 0 saturated carbocycles. The smallest absolute Gasteiger partial charge is 0.258 e. The fourth-order valence-corrected chi connectivity index (χ4v) is 3.16. The first-order chi connectivity index (χ1) is 13.1. The van der Waals surface area contributed by atoms with Gasteiger partial charge in [-0.3, -0.25) is 9.59 Å². The third kappa shape index (κ3) is 3.46. The number of halogens is 1. The number of benzene rings is 2. The molecule has 136 valence electrons. The number of rotatable bonds is 4. The Hall–Kier alpha value is -3.41. The minimum atomic E-state index is -0.385. The van der Waals surface area contributed by atoms with Gasteiger partial charge in [0.05, 0.1) is 12.8 Å². The van der Waals surface area contributed by atoms with Crippen LogP contribution in [-0.4, -0.2) is 18.4 Å². The van der Waals surface area contributed by atoms with Crippen molar-refractivity contribution in [3.8, 4) is 0 Å². The number of hydrogen-bond donors (Lipinski definition) is 1. The third-order valence-electron chi connectivity index (χ3n) is 4.58. The predicted octanol–water partition coefficient (Wildman–Crippen LogP) is 3.55. The van der Waals surface area contributed by atoms with Gasteiger partial charge in [0.15, 0.2) is 0 Å². The lowest BCUT2D eigenvalue weighted by molar-refractivity contribution is 0.0945. The number of fused-ring (bicyclic) bond motifs is 1. The summed E-state index contributed by atoms with van der Waals surface area (Å²) in [6.45, 7) is 0.824. The molecule has 5 nitrogen and oxygen atoms in total. The Balaban J connectivity index is 1.53. The summed E-state index contributed by atoms with van der Waals surface area (Å²) in [6.07, 6.45) is 2.27. The highest BCUT2D eigenvalue weighted by molar-refractivity contribution is 6.08. The van der Waals surface area contributed by atoms with E-state index in [0.717, 1.165) is 17.7 Å². The van der Waals surface area contributed by atoms with Crippen LogP contribution in [0.2, 0.25) is 0 Å². The topological polar surface area (TPSA) is 62.6 Å². The highest BCUT2D eigenvalue weighted by atomic mass is 19.1. The average molecular weight is 364 g/mol. The lowest BCUT2D eigenvalue weighted by atomic mass is 10.1. The number of furan rings is 1. The molecule has 0 bridgehead atoms. The molecule has 3 aromatic rings. The minimum Gasteiger partial charge on any atom is -0.467 e. The Labute approximate surface area is 155 Å². The molecule has 1 aromatic heterocycles. The van der Waals surface area contributed by atoms with Crippen molar-refractivity contribution in [1.29, 1.82) is 0 Å². The first-order valence-corrected chi connectivity index (χ1v) is 8.63. The van der Waals surface area contributed by atoms with Crippen LogP contribution in [0.25, 0.3) is 0 Å². The van der Waals surface area contributed by atoms with E-state index in [1.807, 2.05) is 6.07 Å². The first kappa shape index (κ1) is 17.0. The van der Waals surface area contributed by atoms with Crippen molar-refractivity contribution >= 4 is 17.5 Å². The van der Waals surface area contributed by atoms with Gasteiger partial charge in [0.1, 0.15) is 11.6 Å². The van der Waals surface area contributed by atoms with E-state index in [2.05, 4.69) is 5.32 Å². The number of anilines is 1. The van der Waals surface area contributed by atoms with Crippen LogP contribution in [0.15, 0.2) is 65.3 Å². The van der Waals surface area contributed by atoms with Crippen LogP contribution in [0.4, 0.5) is 10.1 Å². The summed E-state index contributed by atoms with van der Waals surface area (Å²) in [4.78, 5) is 26.8. The van der Waals surface area contributed by atoms with E-state index >= 15 is 0 Å². The van der Waals surface area contributed by atoms with Gasteiger partial charge >= 0.3 is 0 Å². The molecular weight excluding hydrogens is 347 g/mol. The van der Waals surface area contributed by atoms with Crippen LogP contribution < -0.4 is 10.2 Å². The van der Waals surface area contributed by atoms with Gasteiger partial charge in [-0.1, -0.05) is 6.07 Å². The minimum absolute atomic E-state index is 0.207. The molecule has 27 heavy (non-hydrogen) atoms. The Morgan fingerprint density at radius 1 is 1.07 bits per heavy atom. The Bertz CT molecular complexity index is 981. The van der Waals surface area contributed by atoms with Crippen LogP contribution in [-0.2, 0) is 13.0 Å². The van der Waals surface area contributed by atoms with Crippen molar-refractivity contribution in [1.82, 2.24) is 5.32 Å². The number of nitrogens with one attached hydrogen (secondary N) is 1. The molecule has 2 heterocycles. The van der Waals surface area contributed by atoms with Crippen molar-refractivity contribution in [3.63, 3.8) is 0 Å². The number of amides is 2. The number of carbonyl (C=O) groups is 2. The highest BCUT2D eigenvalue weighted by Gasteiger charge is 2.26. The van der Waals surface area contributed by atoms with Crippen molar-refractivity contribution < 1.29 is 18.4 Å². The maximum Gasteiger partial charge on any atom is 0.258 e. The van der Waals surface area contributed by atoms with Gasteiger partial charge in [-0.15, -0.1) is 0 Å². The van der Waals surface area contributed by atoms with Crippen LogP contribution >= 0.6 is 0 Å². The fourth-order valence-electron chi connectivity index (χ4n) is 3.16. The summed E-state index contributed by atoms with van der Waals surface area (Å²) in [7, 11) is 0. The van der Waals surface area contributed by atoms with E-state index in [9.17, 15) is 14.0 Å². The lowest BCUT2D eigenvalue weighted by Gasteiger charge is -2.18. The second kappa shape index (κ2) is 7.07. The van der Waals surface area contributed by atoms with Gasteiger partial charge in [-0.05, 0) is 60.5 Å². The molecule has 6 heteroatoms. The standard InChI is InChI=1S/C21H17FN2O3/c22-17-7-5-15(6-8-17)21(26)24-10-9-14-3-4-16(12-19(14)24)20(25)23-13-18-2-1-11-27-18/h1-8,11-12H,9-10,13H2,(H,23,25). The number of carbonyl (C=O) groups excluding carboxylic acids is 2. The second-order valence-corrected chi connectivity index (χ2v) is 6.32. The van der Waals surface area contributed by atoms with Crippen molar-refractivity contribution in [2.75, 3.05) is 11.4 Å². The zero-order valence-corrected chi connectivity index (χ0v) is 14.4. The van der Waals surface area contributed by atoms with Gasteiger partial charge in [-0.25, -0.2) is 4.39 Å². The fraction of sp³-hybridized carbons (Fsp3) is 0.143. The van der Waals surface area contributed by atoms with Crippen LogP contribution in [0.5, 0.6) is 0 Å². The van der Waals surface area contributed by atoms with Gasteiger partial charge < -0.3 is 14.6 Å². The number of nitrogens with zero attached hydrogens (tertiary/aromatic N) is 1. The van der Waals surface area contributed by atoms with Gasteiger partial charge in [0, 0.05) is 23.4 Å². The summed E-state index contributed by atoms with van der Waals surface area (Å²) in [6, 6.07) is 14.4. The van der Waals surface area contributed by atoms with E-state index in [0.29, 0.717) is 30.0 Å². The van der Waals surface area contributed by atoms with Crippen LogP contribution in [0.1, 0.15) is 32.0 Å². The SMILES string of the molecule is O=C(NCc1ccco1)c1ccc2c(c1)N(C(=O)c1ccc(F)cc1)CC2. The molecule has 0 atom stereocenters. The lowest BCUT2D eigenvalue weighted by Crippen LogP contribution is -2.29. The summed E-state index contributed by atoms with van der Waals surface area (Å²) in [5.41, 5.74) is 2.61. The predicted molar refractivity (Wildman–Crippen MR) is 98.1 cm³/mol. The van der Waals surface area contributed by atoms with E-state index in [1.54, 1.807) is 35.4 Å². The zero-order chi connectivity index (χ0) is 18.8. The molecule has 0 radical (unpaired) electrons. The van der Waals surface area contributed by atoms with Crippen molar-refractivity contribution in [2.45, 2.75) is 13.0 Å². The molecule has 1 aliphatic rings. The number of hydrogen-bond acceptors (Lipinski definition) is 3. The third-order valence-corrected chi connectivity index (χ3v) is 4.58. The quantitative estimate of drug-likeness (QED) is 0.770. The molecule has 1 N–H and O–H groups in total. The monoisotopic (exact) mass is 364 g/mol.